The second-order valence-electron chi connectivity index (χ2n) is 7.55. The summed E-state index contributed by atoms with van der Waals surface area (Å²) in [5.41, 5.74) is 0.824. The number of alkyl carbamates (subject to hydrolysis) is 1. The molecule has 0 aromatic carbocycles. The lowest BCUT2D eigenvalue weighted by Crippen LogP contribution is -2.51. The van der Waals surface area contributed by atoms with Crippen molar-refractivity contribution in [3.05, 3.63) is 24.0 Å². The number of nitrogens with one attached hydrogen (secondary N) is 2. The third kappa shape index (κ3) is 5.57. The Kier molecular flexibility index (Phi) is 5.74. The van der Waals surface area contributed by atoms with Crippen LogP contribution in [0.25, 0.3) is 0 Å². The number of carbonyl (C=O) groups excluding carboxylic acids is 1. The van der Waals surface area contributed by atoms with Gasteiger partial charge in [0, 0.05) is 37.6 Å². The van der Waals surface area contributed by atoms with Gasteiger partial charge < -0.3 is 19.9 Å². The number of amides is 1. The summed E-state index contributed by atoms with van der Waals surface area (Å²) in [7, 11) is 0. The quantitative estimate of drug-likeness (QED) is 0.844. The summed E-state index contributed by atoms with van der Waals surface area (Å²) in [4.78, 5) is 11.9. The van der Waals surface area contributed by atoms with E-state index in [1.165, 1.54) is 18.4 Å². The molecule has 1 aromatic rings. The molecule has 0 unspecified atom stereocenters. The Bertz CT molecular complexity index is 511. The maximum absolute atomic E-state index is 11.9. The number of hydrogen-bond acceptors (Lipinski definition) is 3. The Labute approximate surface area is 139 Å². The fourth-order valence-corrected chi connectivity index (χ4v) is 3.10. The van der Waals surface area contributed by atoms with Gasteiger partial charge in [-0.2, -0.15) is 0 Å². The summed E-state index contributed by atoms with van der Waals surface area (Å²) < 4.78 is 7.52. The van der Waals surface area contributed by atoms with Gasteiger partial charge >= 0.3 is 6.09 Å². The van der Waals surface area contributed by atoms with E-state index in [0.717, 1.165) is 25.9 Å². The lowest BCUT2D eigenvalue weighted by Gasteiger charge is -2.31. The van der Waals surface area contributed by atoms with E-state index in [1.807, 2.05) is 20.8 Å². The SMILES string of the molecule is CCn1ccc(CNC2(CNC(=O)OC(C)(C)C)CCCC2)c1. The van der Waals surface area contributed by atoms with Gasteiger partial charge in [0.2, 0.25) is 0 Å². The Morgan fingerprint density at radius 3 is 2.61 bits per heavy atom. The van der Waals surface area contributed by atoms with Crippen molar-refractivity contribution in [3.8, 4) is 0 Å². The molecule has 0 spiro atoms. The Morgan fingerprint density at radius 2 is 2.04 bits per heavy atom. The maximum Gasteiger partial charge on any atom is 0.407 e. The summed E-state index contributed by atoms with van der Waals surface area (Å²) in [5.74, 6) is 0. The minimum absolute atomic E-state index is 0.00871. The molecule has 23 heavy (non-hydrogen) atoms. The highest BCUT2D eigenvalue weighted by molar-refractivity contribution is 5.67. The second kappa shape index (κ2) is 7.39. The van der Waals surface area contributed by atoms with E-state index in [-0.39, 0.29) is 11.6 Å². The van der Waals surface area contributed by atoms with Crippen LogP contribution in [0.5, 0.6) is 0 Å². The zero-order chi connectivity index (χ0) is 16.9. The smallest absolute Gasteiger partial charge is 0.407 e. The molecule has 130 valence electrons. The average Bonchev–Trinajstić information content (AvgIpc) is 3.11. The molecule has 0 saturated heterocycles. The van der Waals surface area contributed by atoms with Gasteiger partial charge in [-0.25, -0.2) is 4.79 Å². The van der Waals surface area contributed by atoms with Crippen molar-refractivity contribution < 1.29 is 9.53 Å². The zero-order valence-electron chi connectivity index (χ0n) is 14.9. The molecule has 5 nitrogen and oxygen atoms in total. The van der Waals surface area contributed by atoms with Gasteiger partial charge in [0.25, 0.3) is 0 Å². The highest BCUT2D eigenvalue weighted by Crippen LogP contribution is 2.29. The minimum Gasteiger partial charge on any atom is -0.444 e. The van der Waals surface area contributed by atoms with Gasteiger partial charge in [0.15, 0.2) is 0 Å². The van der Waals surface area contributed by atoms with Gasteiger partial charge in [-0.05, 0) is 52.2 Å². The van der Waals surface area contributed by atoms with Gasteiger partial charge in [-0.3, -0.25) is 0 Å². The van der Waals surface area contributed by atoms with Crippen molar-refractivity contribution in [1.82, 2.24) is 15.2 Å². The molecule has 1 amide bonds. The highest BCUT2D eigenvalue weighted by atomic mass is 16.6. The predicted molar refractivity (Wildman–Crippen MR) is 92.4 cm³/mol. The van der Waals surface area contributed by atoms with E-state index < -0.39 is 5.60 Å². The molecule has 1 aliphatic rings. The molecular weight excluding hydrogens is 290 g/mol. The van der Waals surface area contributed by atoms with Crippen LogP contribution in [0.3, 0.4) is 0 Å². The zero-order valence-corrected chi connectivity index (χ0v) is 14.9. The first-order valence-corrected chi connectivity index (χ1v) is 8.68. The molecule has 0 aliphatic heterocycles. The first kappa shape index (κ1) is 17.9. The molecular formula is C18H31N3O2. The van der Waals surface area contributed by atoms with Gasteiger partial charge in [0.05, 0.1) is 0 Å². The summed E-state index contributed by atoms with van der Waals surface area (Å²) in [6, 6.07) is 2.15. The molecule has 1 aliphatic carbocycles. The number of nitrogens with zero attached hydrogens (tertiary/aromatic N) is 1. The first-order valence-electron chi connectivity index (χ1n) is 8.68. The lowest BCUT2D eigenvalue weighted by molar-refractivity contribution is 0.0509. The summed E-state index contributed by atoms with van der Waals surface area (Å²) >= 11 is 0. The normalized spacial score (nSPS) is 17.2. The van der Waals surface area contributed by atoms with E-state index in [9.17, 15) is 4.79 Å². The third-order valence-corrected chi connectivity index (χ3v) is 4.38. The van der Waals surface area contributed by atoms with E-state index in [1.54, 1.807) is 0 Å². The fourth-order valence-electron chi connectivity index (χ4n) is 3.10. The van der Waals surface area contributed by atoms with Crippen LogP contribution in [0.15, 0.2) is 18.5 Å². The second-order valence-corrected chi connectivity index (χ2v) is 7.55. The summed E-state index contributed by atoms with van der Waals surface area (Å²) in [6.07, 6.45) is 8.56. The molecule has 1 saturated carbocycles. The summed E-state index contributed by atoms with van der Waals surface area (Å²) in [6.45, 7) is 10.2. The van der Waals surface area contributed by atoms with Crippen LogP contribution in [0.1, 0.15) is 58.9 Å². The Balaban J connectivity index is 1.87. The average molecular weight is 321 g/mol. The Hall–Kier alpha value is -1.49. The molecule has 1 aromatic heterocycles. The standard InChI is InChI=1S/C18H31N3O2/c1-5-21-11-8-15(13-21)12-20-18(9-6-7-10-18)14-19-16(22)23-17(2,3)4/h8,11,13,20H,5-7,9-10,12,14H2,1-4H3,(H,19,22). The third-order valence-electron chi connectivity index (χ3n) is 4.38. The monoisotopic (exact) mass is 321 g/mol. The van der Waals surface area contributed by atoms with Crippen molar-refractivity contribution >= 4 is 6.09 Å². The number of hydrogen-bond donors (Lipinski definition) is 2. The van der Waals surface area contributed by atoms with Crippen molar-refractivity contribution in [2.24, 2.45) is 0 Å². The fraction of sp³-hybridized carbons (Fsp3) is 0.722. The lowest BCUT2D eigenvalue weighted by atomic mass is 9.97. The highest BCUT2D eigenvalue weighted by Gasteiger charge is 2.34. The van der Waals surface area contributed by atoms with Crippen LogP contribution >= 0.6 is 0 Å². The van der Waals surface area contributed by atoms with Crippen LogP contribution in [0.4, 0.5) is 4.79 Å². The summed E-state index contributed by atoms with van der Waals surface area (Å²) in [5, 5.41) is 6.63. The van der Waals surface area contributed by atoms with E-state index in [0.29, 0.717) is 6.54 Å². The van der Waals surface area contributed by atoms with E-state index in [2.05, 4.69) is 40.6 Å². The number of carbonyl (C=O) groups is 1. The minimum atomic E-state index is -0.455. The molecule has 0 radical (unpaired) electrons. The van der Waals surface area contributed by atoms with Crippen LogP contribution < -0.4 is 10.6 Å². The van der Waals surface area contributed by atoms with Crippen LogP contribution in [0, 0.1) is 0 Å². The van der Waals surface area contributed by atoms with E-state index >= 15 is 0 Å². The molecule has 0 atom stereocenters. The predicted octanol–water partition coefficient (Wildman–Crippen LogP) is 3.44. The molecule has 1 heterocycles. The number of ether oxygens (including phenoxy) is 1. The molecule has 5 heteroatoms. The number of aryl methyl sites for hydroxylation is 1. The van der Waals surface area contributed by atoms with Crippen LogP contribution in [-0.2, 0) is 17.8 Å². The van der Waals surface area contributed by atoms with Crippen molar-refractivity contribution in [2.45, 2.75) is 77.6 Å². The topological polar surface area (TPSA) is 55.3 Å². The van der Waals surface area contributed by atoms with E-state index in [4.69, 9.17) is 4.74 Å². The van der Waals surface area contributed by atoms with Gasteiger partial charge in [-0.15, -0.1) is 0 Å². The molecule has 2 rings (SSSR count). The Morgan fingerprint density at radius 1 is 1.35 bits per heavy atom. The van der Waals surface area contributed by atoms with Gasteiger partial charge in [0.1, 0.15) is 5.60 Å². The molecule has 0 bridgehead atoms. The largest absolute Gasteiger partial charge is 0.444 e. The first-order chi connectivity index (χ1) is 10.8. The van der Waals surface area contributed by atoms with Crippen molar-refractivity contribution in [3.63, 3.8) is 0 Å². The van der Waals surface area contributed by atoms with Gasteiger partial charge in [-0.1, -0.05) is 12.8 Å². The van der Waals surface area contributed by atoms with Crippen molar-refractivity contribution in [2.75, 3.05) is 6.54 Å². The molecule has 1 fully saturated rings. The van der Waals surface area contributed by atoms with Crippen molar-refractivity contribution in [1.29, 1.82) is 0 Å². The molecule has 2 N–H and O–H groups in total. The van der Waals surface area contributed by atoms with Crippen LogP contribution in [0.2, 0.25) is 0 Å². The maximum atomic E-state index is 11.9. The van der Waals surface area contributed by atoms with Crippen LogP contribution in [-0.4, -0.2) is 28.3 Å². The number of aromatic nitrogens is 1. The number of rotatable bonds is 6.